The van der Waals surface area contributed by atoms with Gasteiger partial charge in [-0.3, -0.25) is 9.59 Å². The first-order valence-corrected chi connectivity index (χ1v) is 13.2. The lowest BCUT2D eigenvalue weighted by molar-refractivity contribution is -0.120. The largest absolute Gasteiger partial charge is 0.493 e. The fraction of sp³-hybridized carbons (Fsp3) is 0.107. The van der Waals surface area contributed by atoms with Crippen LogP contribution in [0.4, 0.5) is 5.69 Å². The number of hydrazone groups is 1. The maximum absolute atomic E-state index is 12.5. The van der Waals surface area contributed by atoms with Crippen LogP contribution in [0.15, 0.2) is 77.9 Å². The Balaban J connectivity index is 1.36. The molecule has 0 aliphatic rings. The molecule has 4 rings (SSSR count). The summed E-state index contributed by atoms with van der Waals surface area (Å²) >= 11 is 14.0. The summed E-state index contributed by atoms with van der Waals surface area (Å²) in [4.78, 5) is 24.8. The van der Waals surface area contributed by atoms with Gasteiger partial charge in [-0.1, -0.05) is 65.7 Å². The maximum atomic E-state index is 12.5. The molecule has 0 fully saturated rings. The molecule has 0 radical (unpaired) electrons. The molecule has 4 aromatic rings. The molecular weight excluding hydrogens is 640 g/mol. The molecule has 0 saturated heterocycles. The summed E-state index contributed by atoms with van der Waals surface area (Å²) < 4.78 is 11.9. The molecule has 10 heteroatoms. The lowest BCUT2D eigenvalue weighted by Crippen LogP contribution is -2.20. The minimum atomic E-state index is -0.374. The second-order valence-corrected chi connectivity index (χ2v) is 10.1. The fourth-order valence-corrected chi connectivity index (χ4v) is 4.78. The summed E-state index contributed by atoms with van der Waals surface area (Å²) in [5, 5.41) is 9.64. The zero-order chi connectivity index (χ0) is 27.1. The van der Waals surface area contributed by atoms with Crippen molar-refractivity contribution in [3.8, 4) is 11.5 Å². The quantitative estimate of drug-likeness (QED) is 0.122. The number of carbonyl (C=O) groups excluding carboxylic acids is 2. The van der Waals surface area contributed by atoms with Crippen molar-refractivity contribution in [2.75, 3.05) is 19.0 Å². The van der Waals surface area contributed by atoms with Crippen molar-refractivity contribution in [3.63, 3.8) is 0 Å². The Kier molecular flexibility index (Phi) is 9.43. The van der Waals surface area contributed by atoms with Crippen LogP contribution in [0.3, 0.4) is 0 Å². The van der Waals surface area contributed by atoms with E-state index < -0.39 is 0 Å². The van der Waals surface area contributed by atoms with Crippen LogP contribution >= 0.6 is 45.8 Å². The summed E-state index contributed by atoms with van der Waals surface area (Å²) in [5.41, 5.74) is 4.69. The number of rotatable bonds is 9. The number of hydrogen-bond acceptors (Lipinski definition) is 5. The van der Waals surface area contributed by atoms with Crippen LogP contribution in [-0.2, 0) is 16.0 Å². The average Bonchev–Trinajstić information content (AvgIpc) is 2.90. The van der Waals surface area contributed by atoms with E-state index in [9.17, 15) is 9.59 Å². The van der Waals surface area contributed by atoms with Gasteiger partial charge in [-0.05, 0) is 74.8 Å². The van der Waals surface area contributed by atoms with Gasteiger partial charge in [0.1, 0.15) is 0 Å². The zero-order valence-electron chi connectivity index (χ0n) is 20.1. The number of nitrogens with zero attached hydrogens (tertiary/aromatic N) is 1. The Hall–Kier alpha value is -3.34. The van der Waals surface area contributed by atoms with Crippen LogP contribution < -0.4 is 20.2 Å². The van der Waals surface area contributed by atoms with Crippen LogP contribution in [0.1, 0.15) is 11.1 Å². The van der Waals surface area contributed by atoms with Crippen molar-refractivity contribution in [3.05, 3.63) is 97.5 Å². The first-order chi connectivity index (χ1) is 18.3. The summed E-state index contributed by atoms with van der Waals surface area (Å²) in [7, 11) is 1.50. The van der Waals surface area contributed by atoms with Gasteiger partial charge < -0.3 is 14.8 Å². The Bertz CT molecular complexity index is 1520. The highest BCUT2D eigenvalue weighted by Gasteiger charge is 2.14. The van der Waals surface area contributed by atoms with E-state index in [0.717, 1.165) is 16.3 Å². The van der Waals surface area contributed by atoms with Crippen molar-refractivity contribution >= 4 is 80.3 Å². The number of halogens is 3. The van der Waals surface area contributed by atoms with E-state index >= 15 is 0 Å². The number of hydrogen-bond donors (Lipinski definition) is 2. The van der Waals surface area contributed by atoms with Crippen molar-refractivity contribution < 1.29 is 19.1 Å². The highest BCUT2D eigenvalue weighted by atomic mass is 127. The summed E-state index contributed by atoms with van der Waals surface area (Å²) in [6.45, 7) is -0.246. The SMILES string of the molecule is COc1cc(/C=N/NC(=O)Cc2cccc3ccccc23)cc(I)c1OCC(=O)Nc1ccc(Cl)c(Cl)c1. The van der Waals surface area contributed by atoms with E-state index in [1.165, 1.54) is 13.3 Å². The smallest absolute Gasteiger partial charge is 0.262 e. The number of benzene rings is 4. The third-order valence-corrected chi connectivity index (χ3v) is 6.98. The highest BCUT2D eigenvalue weighted by molar-refractivity contribution is 14.1. The van der Waals surface area contributed by atoms with Crippen LogP contribution in [-0.4, -0.2) is 31.7 Å². The lowest BCUT2D eigenvalue weighted by atomic mass is 10.0. The maximum Gasteiger partial charge on any atom is 0.262 e. The van der Waals surface area contributed by atoms with Gasteiger partial charge in [-0.15, -0.1) is 0 Å². The van der Waals surface area contributed by atoms with Crippen molar-refractivity contribution in [1.29, 1.82) is 0 Å². The highest BCUT2D eigenvalue weighted by Crippen LogP contribution is 2.33. The Morgan fingerprint density at radius 2 is 1.76 bits per heavy atom. The van der Waals surface area contributed by atoms with Crippen molar-refractivity contribution in [2.45, 2.75) is 6.42 Å². The third-order valence-electron chi connectivity index (χ3n) is 5.44. The van der Waals surface area contributed by atoms with Gasteiger partial charge in [0.2, 0.25) is 5.91 Å². The average molecular weight is 662 g/mol. The van der Waals surface area contributed by atoms with Crippen molar-refractivity contribution in [2.24, 2.45) is 5.10 Å². The number of anilines is 1. The van der Waals surface area contributed by atoms with Gasteiger partial charge in [0, 0.05) is 5.69 Å². The normalized spacial score (nSPS) is 10.9. The molecule has 0 atom stereocenters. The molecule has 0 bridgehead atoms. The van der Waals surface area contributed by atoms with E-state index in [2.05, 4.69) is 38.4 Å². The van der Waals surface area contributed by atoms with E-state index in [0.29, 0.717) is 36.4 Å². The minimum Gasteiger partial charge on any atom is -0.493 e. The monoisotopic (exact) mass is 661 g/mol. The first kappa shape index (κ1) is 27.7. The van der Waals surface area contributed by atoms with Gasteiger partial charge in [-0.25, -0.2) is 5.43 Å². The van der Waals surface area contributed by atoms with Crippen LogP contribution in [0.5, 0.6) is 11.5 Å². The Morgan fingerprint density at radius 1 is 0.974 bits per heavy atom. The predicted octanol–water partition coefficient (Wildman–Crippen LogP) is 6.47. The second-order valence-electron chi connectivity index (χ2n) is 8.11. The summed E-state index contributed by atoms with van der Waals surface area (Å²) in [5.74, 6) is 0.227. The van der Waals surface area contributed by atoms with Crippen LogP contribution in [0, 0.1) is 3.57 Å². The molecule has 0 unspecified atom stereocenters. The zero-order valence-corrected chi connectivity index (χ0v) is 23.8. The molecule has 0 heterocycles. The van der Waals surface area contributed by atoms with Gasteiger partial charge >= 0.3 is 0 Å². The van der Waals surface area contributed by atoms with Gasteiger partial charge in [0.15, 0.2) is 18.1 Å². The number of methoxy groups -OCH3 is 1. The van der Waals surface area contributed by atoms with Gasteiger partial charge in [0.05, 0.1) is 33.4 Å². The molecule has 194 valence electrons. The van der Waals surface area contributed by atoms with Crippen molar-refractivity contribution in [1.82, 2.24) is 5.43 Å². The first-order valence-electron chi connectivity index (χ1n) is 11.4. The molecule has 4 aromatic carbocycles. The Morgan fingerprint density at radius 3 is 2.55 bits per heavy atom. The fourth-order valence-electron chi connectivity index (χ4n) is 3.70. The molecule has 2 N–H and O–H groups in total. The van der Waals surface area contributed by atoms with Crippen LogP contribution in [0.2, 0.25) is 10.0 Å². The standard InChI is InChI=1S/C28H22Cl2IN3O4/c1-37-25-12-17(15-32-34-26(35)13-19-7-4-6-18-5-2-3-8-21(18)19)11-24(31)28(25)38-16-27(36)33-20-9-10-22(29)23(30)14-20/h2-12,14-15H,13,16H2,1H3,(H,33,36)(H,34,35)/b32-15+. The number of ether oxygens (including phenoxy) is 2. The third kappa shape index (κ3) is 7.15. The number of nitrogens with one attached hydrogen (secondary N) is 2. The lowest BCUT2D eigenvalue weighted by Gasteiger charge is -2.13. The second kappa shape index (κ2) is 12.9. The summed E-state index contributed by atoms with van der Waals surface area (Å²) in [6.07, 6.45) is 1.73. The Labute approximate surface area is 243 Å². The summed E-state index contributed by atoms with van der Waals surface area (Å²) in [6, 6.07) is 22.1. The van der Waals surface area contributed by atoms with E-state index in [-0.39, 0.29) is 24.8 Å². The van der Waals surface area contributed by atoms with Crippen LogP contribution in [0.25, 0.3) is 10.8 Å². The molecule has 0 spiro atoms. The molecule has 2 amide bonds. The predicted molar refractivity (Wildman–Crippen MR) is 160 cm³/mol. The molecule has 0 aliphatic heterocycles. The molecular formula is C28H22Cl2IN3O4. The topological polar surface area (TPSA) is 89.0 Å². The number of fused-ring (bicyclic) bond motifs is 1. The molecule has 0 aliphatic carbocycles. The molecule has 7 nitrogen and oxygen atoms in total. The number of carbonyl (C=O) groups is 2. The van der Waals surface area contributed by atoms with E-state index in [4.69, 9.17) is 32.7 Å². The minimum absolute atomic E-state index is 0.205. The molecule has 0 saturated carbocycles. The van der Waals surface area contributed by atoms with Gasteiger partial charge in [-0.2, -0.15) is 5.10 Å². The number of amides is 2. The van der Waals surface area contributed by atoms with E-state index in [1.54, 1.807) is 30.3 Å². The van der Waals surface area contributed by atoms with Gasteiger partial charge in [0.25, 0.3) is 5.91 Å². The molecule has 0 aromatic heterocycles. The van der Waals surface area contributed by atoms with E-state index in [1.807, 2.05) is 42.5 Å². The molecule has 38 heavy (non-hydrogen) atoms.